The summed E-state index contributed by atoms with van der Waals surface area (Å²) < 4.78 is 5.57. The first-order valence-electron chi connectivity index (χ1n) is 8.47. The summed E-state index contributed by atoms with van der Waals surface area (Å²) in [5, 5.41) is 4.53. The van der Waals surface area contributed by atoms with E-state index in [1.165, 1.54) is 20.2 Å². The third-order valence-corrected chi connectivity index (χ3v) is 6.62. The van der Waals surface area contributed by atoms with Crippen molar-refractivity contribution in [1.29, 1.82) is 0 Å². The number of nitrogens with one attached hydrogen (secondary N) is 1. The first-order valence-corrected chi connectivity index (χ1v) is 10.8. The molecule has 3 rings (SSSR count). The van der Waals surface area contributed by atoms with Crippen molar-refractivity contribution in [3.63, 3.8) is 0 Å². The van der Waals surface area contributed by atoms with Gasteiger partial charge in [-0.3, -0.25) is 4.99 Å². The molecule has 0 aromatic carbocycles. The van der Waals surface area contributed by atoms with Gasteiger partial charge < -0.3 is 15.1 Å². The lowest BCUT2D eigenvalue weighted by Crippen LogP contribution is -2.52. The van der Waals surface area contributed by atoms with Crippen LogP contribution in [0.15, 0.2) is 20.9 Å². The third-order valence-electron chi connectivity index (χ3n) is 4.12. The number of thiophene rings is 1. The molecule has 0 radical (unpaired) electrons. The van der Waals surface area contributed by atoms with Gasteiger partial charge in [0, 0.05) is 62.6 Å². The van der Waals surface area contributed by atoms with Crippen LogP contribution in [0.2, 0.25) is 0 Å². The Morgan fingerprint density at radius 1 is 1.31 bits per heavy atom. The van der Waals surface area contributed by atoms with Gasteiger partial charge in [-0.05, 0) is 34.5 Å². The van der Waals surface area contributed by atoms with Crippen LogP contribution in [0.4, 0.5) is 5.13 Å². The zero-order valence-corrected chi connectivity index (χ0v) is 20.5. The first kappa shape index (κ1) is 21.8. The second-order valence-electron chi connectivity index (χ2n) is 5.75. The number of halogens is 2. The van der Waals surface area contributed by atoms with E-state index in [0.29, 0.717) is 0 Å². The highest BCUT2D eigenvalue weighted by molar-refractivity contribution is 14.0. The highest BCUT2D eigenvalue weighted by Gasteiger charge is 2.21. The molecule has 3 heterocycles. The fourth-order valence-electron chi connectivity index (χ4n) is 2.74. The van der Waals surface area contributed by atoms with Gasteiger partial charge in [0.15, 0.2) is 5.96 Å². The number of hydrogen-bond acceptors (Lipinski definition) is 6. The minimum atomic E-state index is 0. The van der Waals surface area contributed by atoms with Gasteiger partial charge in [0.1, 0.15) is 5.82 Å². The molecule has 0 aliphatic carbocycles. The van der Waals surface area contributed by atoms with Crippen LogP contribution in [-0.4, -0.2) is 60.0 Å². The van der Waals surface area contributed by atoms with Gasteiger partial charge in [0.25, 0.3) is 0 Å². The Balaban J connectivity index is 0.00000243. The van der Waals surface area contributed by atoms with Gasteiger partial charge in [-0.2, -0.15) is 4.37 Å². The minimum absolute atomic E-state index is 0. The Labute approximate surface area is 188 Å². The van der Waals surface area contributed by atoms with Gasteiger partial charge in [0.05, 0.1) is 3.79 Å². The lowest BCUT2D eigenvalue weighted by Gasteiger charge is -2.36. The zero-order chi connectivity index (χ0) is 17.6. The largest absolute Gasteiger partial charge is 0.356 e. The van der Waals surface area contributed by atoms with Crippen molar-refractivity contribution >= 4 is 73.9 Å². The molecule has 144 valence electrons. The summed E-state index contributed by atoms with van der Waals surface area (Å²) in [4.78, 5) is 15.1. The van der Waals surface area contributed by atoms with E-state index in [1.807, 2.05) is 7.05 Å². The lowest BCUT2D eigenvalue weighted by molar-refractivity contribution is 0.373. The molecule has 0 unspecified atom stereocenters. The molecular weight excluding hydrogens is 547 g/mol. The zero-order valence-electron chi connectivity index (χ0n) is 14.9. The Morgan fingerprint density at radius 2 is 2.08 bits per heavy atom. The number of guanidine groups is 1. The van der Waals surface area contributed by atoms with Gasteiger partial charge in [-0.1, -0.05) is 6.92 Å². The van der Waals surface area contributed by atoms with Crippen molar-refractivity contribution in [2.45, 2.75) is 19.8 Å². The van der Waals surface area contributed by atoms with Crippen LogP contribution in [-0.2, 0) is 12.8 Å². The second kappa shape index (κ2) is 10.8. The molecule has 1 saturated heterocycles. The smallest absolute Gasteiger partial charge is 0.205 e. The number of aromatic nitrogens is 2. The maximum Gasteiger partial charge on any atom is 0.205 e. The van der Waals surface area contributed by atoms with Gasteiger partial charge in [0.2, 0.25) is 5.13 Å². The van der Waals surface area contributed by atoms with Crippen LogP contribution in [0.25, 0.3) is 0 Å². The average Bonchev–Trinajstić information content (AvgIpc) is 3.28. The van der Waals surface area contributed by atoms with Crippen LogP contribution in [0, 0.1) is 0 Å². The Morgan fingerprint density at radius 3 is 2.65 bits per heavy atom. The number of aryl methyl sites for hydroxylation is 1. The molecule has 0 spiro atoms. The quantitative estimate of drug-likeness (QED) is 0.339. The summed E-state index contributed by atoms with van der Waals surface area (Å²) >= 11 is 6.81. The van der Waals surface area contributed by atoms with Crippen molar-refractivity contribution in [1.82, 2.24) is 19.6 Å². The Kier molecular flexibility index (Phi) is 9.04. The molecule has 0 bridgehead atoms. The number of piperazine rings is 1. The van der Waals surface area contributed by atoms with Crippen LogP contribution in [0.1, 0.15) is 17.6 Å². The predicted octanol–water partition coefficient (Wildman–Crippen LogP) is 3.48. The Bertz CT molecular complexity index is 711. The van der Waals surface area contributed by atoms with E-state index in [1.54, 1.807) is 11.3 Å². The van der Waals surface area contributed by atoms with Crippen LogP contribution in [0.5, 0.6) is 0 Å². The van der Waals surface area contributed by atoms with Gasteiger partial charge >= 0.3 is 0 Å². The lowest BCUT2D eigenvalue weighted by atomic mass is 10.3. The molecule has 0 atom stereocenters. The molecule has 2 aromatic rings. The summed E-state index contributed by atoms with van der Waals surface area (Å²) in [5.41, 5.74) is 0. The fraction of sp³-hybridized carbons (Fsp3) is 0.562. The molecule has 1 aliphatic rings. The maximum atomic E-state index is 4.59. The molecule has 1 fully saturated rings. The average molecular weight is 571 g/mol. The fourth-order valence-corrected chi connectivity index (χ4v) is 5.03. The molecule has 2 aromatic heterocycles. The van der Waals surface area contributed by atoms with Crippen molar-refractivity contribution in [2.75, 3.05) is 44.7 Å². The summed E-state index contributed by atoms with van der Waals surface area (Å²) in [6.45, 7) is 6.80. The van der Waals surface area contributed by atoms with E-state index in [9.17, 15) is 0 Å². The molecule has 26 heavy (non-hydrogen) atoms. The highest BCUT2D eigenvalue weighted by Crippen LogP contribution is 2.22. The van der Waals surface area contributed by atoms with Crippen molar-refractivity contribution < 1.29 is 0 Å². The topological polar surface area (TPSA) is 56.7 Å². The predicted molar refractivity (Wildman–Crippen MR) is 126 cm³/mol. The minimum Gasteiger partial charge on any atom is -0.356 e. The summed E-state index contributed by atoms with van der Waals surface area (Å²) in [7, 11) is 1.86. The standard InChI is InChI=1S/C16H23BrN6S2.HI/c1-3-14-20-16(25-21-14)23-10-8-22(9-11-23)15(18-2)19-7-6-12-4-5-13(17)24-12;/h4-5H,3,6-11H2,1-2H3,(H,18,19);1H. The van der Waals surface area contributed by atoms with E-state index in [0.717, 1.165) is 62.5 Å². The SMILES string of the molecule is CCc1nsc(N2CCN(C(=NC)NCCc3ccc(Br)s3)CC2)n1.I. The molecular formula is C16H24BrIN6S2. The van der Waals surface area contributed by atoms with Crippen LogP contribution >= 0.6 is 62.8 Å². The molecule has 1 N–H and O–H groups in total. The number of rotatable bonds is 5. The van der Waals surface area contributed by atoms with Crippen molar-refractivity contribution in [2.24, 2.45) is 4.99 Å². The number of hydrogen-bond donors (Lipinski definition) is 1. The molecule has 0 saturated carbocycles. The second-order valence-corrected chi connectivity index (χ2v) is 9.03. The number of nitrogens with zero attached hydrogens (tertiary/aromatic N) is 5. The summed E-state index contributed by atoms with van der Waals surface area (Å²) in [5.74, 6) is 1.93. The molecule has 10 heteroatoms. The third kappa shape index (κ3) is 5.77. The number of anilines is 1. The van der Waals surface area contributed by atoms with E-state index in [-0.39, 0.29) is 24.0 Å². The summed E-state index contributed by atoms with van der Waals surface area (Å²) in [6.07, 6.45) is 1.91. The van der Waals surface area contributed by atoms with Crippen molar-refractivity contribution in [3.05, 3.63) is 26.6 Å². The maximum absolute atomic E-state index is 4.59. The van der Waals surface area contributed by atoms with Crippen molar-refractivity contribution in [3.8, 4) is 0 Å². The first-order chi connectivity index (χ1) is 12.2. The highest BCUT2D eigenvalue weighted by atomic mass is 127. The monoisotopic (exact) mass is 570 g/mol. The van der Waals surface area contributed by atoms with Gasteiger partial charge in [-0.25, -0.2) is 4.98 Å². The molecule has 0 amide bonds. The Hall–Kier alpha value is -0.460. The van der Waals surface area contributed by atoms with Crippen LogP contribution in [0.3, 0.4) is 0 Å². The molecule has 6 nitrogen and oxygen atoms in total. The summed E-state index contributed by atoms with van der Waals surface area (Å²) in [6, 6.07) is 4.27. The number of aliphatic imine (C=N–C) groups is 1. The molecule has 1 aliphatic heterocycles. The normalized spacial score (nSPS) is 15.1. The van der Waals surface area contributed by atoms with E-state index in [2.05, 4.69) is 64.5 Å². The van der Waals surface area contributed by atoms with Gasteiger partial charge in [-0.15, -0.1) is 35.3 Å². The van der Waals surface area contributed by atoms with E-state index < -0.39 is 0 Å². The van der Waals surface area contributed by atoms with E-state index in [4.69, 9.17) is 0 Å². The van der Waals surface area contributed by atoms with E-state index >= 15 is 0 Å². The van der Waals surface area contributed by atoms with Crippen LogP contribution < -0.4 is 10.2 Å².